The summed E-state index contributed by atoms with van der Waals surface area (Å²) in [6.07, 6.45) is 0. The third kappa shape index (κ3) is 4.08. The third-order valence-electron chi connectivity index (χ3n) is 2.75. The molecule has 0 aromatic heterocycles. The van der Waals surface area contributed by atoms with Gasteiger partial charge in [0, 0.05) is 10.2 Å². The van der Waals surface area contributed by atoms with Crippen molar-refractivity contribution in [2.24, 2.45) is 0 Å². The highest BCUT2D eigenvalue weighted by Gasteiger charge is 2.15. The van der Waals surface area contributed by atoms with Crippen molar-refractivity contribution in [3.05, 3.63) is 58.6 Å². The summed E-state index contributed by atoms with van der Waals surface area (Å²) in [5.74, 6) is -0.493. The lowest BCUT2D eigenvalue weighted by atomic mass is 10.2. The lowest BCUT2D eigenvalue weighted by Crippen LogP contribution is -2.13. The molecule has 22 heavy (non-hydrogen) atoms. The summed E-state index contributed by atoms with van der Waals surface area (Å²) < 4.78 is 32.7. The van der Waals surface area contributed by atoms with Crippen LogP contribution in [0.5, 0.6) is 0 Å². The Morgan fingerprint density at radius 3 is 2.50 bits per heavy atom. The van der Waals surface area contributed by atoms with E-state index in [1.165, 1.54) is 18.2 Å². The van der Waals surface area contributed by atoms with Crippen LogP contribution < -0.4 is 4.72 Å². The number of sulfonamides is 1. The van der Waals surface area contributed by atoms with Crippen molar-refractivity contribution in [3.8, 4) is 0 Å². The van der Waals surface area contributed by atoms with Gasteiger partial charge >= 0.3 is 5.97 Å². The second kappa shape index (κ2) is 6.93. The predicted octanol–water partition coefficient (Wildman–Crippen LogP) is 3.43. The fourth-order valence-corrected chi connectivity index (χ4v) is 3.07. The van der Waals surface area contributed by atoms with Gasteiger partial charge in [-0.25, -0.2) is 13.2 Å². The minimum atomic E-state index is -3.71. The third-order valence-corrected chi connectivity index (χ3v) is 4.68. The minimum absolute atomic E-state index is 0.136. The van der Waals surface area contributed by atoms with Crippen molar-refractivity contribution in [2.45, 2.75) is 11.8 Å². The van der Waals surface area contributed by atoms with Gasteiger partial charge in [0.25, 0.3) is 10.0 Å². The molecule has 0 aliphatic heterocycles. The van der Waals surface area contributed by atoms with E-state index in [4.69, 9.17) is 4.74 Å². The van der Waals surface area contributed by atoms with E-state index in [0.29, 0.717) is 5.69 Å². The lowest BCUT2D eigenvalue weighted by molar-refractivity contribution is 0.0526. The second-order valence-corrected chi connectivity index (χ2v) is 6.96. The highest BCUT2D eigenvalue weighted by Crippen LogP contribution is 2.19. The van der Waals surface area contributed by atoms with E-state index in [-0.39, 0.29) is 17.1 Å². The van der Waals surface area contributed by atoms with Crippen LogP contribution in [0.4, 0.5) is 5.69 Å². The van der Waals surface area contributed by atoms with Crippen LogP contribution >= 0.6 is 15.9 Å². The zero-order valence-corrected chi connectivity index (χ0v) is 14.1. The van der Waals surface area contributed by atoms with Gasteiger partial charge in [0.05, 0.1) is 17.1 Å². The molecule has 0 bridgehead atoms. The summed E-state index contributed by atoms with van der Waals surface area (Å²) in [6.45, 7) is 1.96. The van der Waals surface area contributed by atoms with Crippen molar-refractivity contribution in [1.82, 2.24) is 0 Å². The van der Waals surface area contributed by atoms with Crippen LogP contribution in [0.3, 0.4) is 0 Å². The Morgan fingerprint density at radius 2 is 1.86 bits per heavy atom. The van der Waals surface area contributed by atoms with Crippen LogP contribution in [-0.2, 0) is 14.8 Å². The number of nitrogens with one attached hydrogen (secondary N) is 1. The van der Waals surface area contributed by atoms with Gasteiger partial charge in [-0.2, -0.15) is 0 Å². The molecule has 0 radical (unpaired) electrons. The molecule has 0 aliphatic carbocycles. The molecular formula is C15H14BrNO4S. The summed E-state index contributed by atoms with van der Waals surface area (Å²) in [4.78, 5) is 11.8. The lowest BCUT2D eigenvalue weighted by Gasteiger charge is -2.09. The molecule has 0 aliphatic rings. The maximum atomic E-state index is 12.3. The first kappa shape index (κ1) is 16.5. The van der Waals surface area contributed by atoms with E-state index < -0.39 is 16.0 Å². The molecule has 0 unspecified atom stereocenters. The Balaban J connectivity index is 2.24. The van der Waals surface area contributed by atoms with E-state index in [2.05, 4.69) is 20.7 Å². The number of carbonyl (C=O) groups excluding carboxylic acids is 1. The van der Waals surface area contributed by atoms with Gasteiger partial charge < -0.3 is 4.74 Å². The van der Waals surface area contributed by atoms with Crippen LogP contribution in [0.25, 0.3) is 0 Å². The number of anilines is 1. The van der Waals surface area contributed by atoms with Gasteiger partial charge in [0.2, 0.25) is 0 Å². The number of benzene rings is 2. The normalized spacial score (nSPS) is 11.0. The predicted molar refractivity (Wildman–Crippen MR) is 87.3 cm³/mol. The Morgan fingerprint density at radius 1 is 1.18 bits per heavy atom. The molecule has 2 aromatic rings. The van der Waals surface area contributed by atoms with Crippen LogP contribution in [0.1, 0.15) is 17.3 Å². The topological polar surface area (TPSA) is 72.5 Å². The molecule has 5 nitrogen and oxygen atoms in total. The van der Waals surface area contributed by atoms with Gasteiger partial charge in [-0.15, -0.1) is 0 Å². The van der Waals surface area contributed by atoms with Gasteiger partial charge in [0.1, 0.15) is 0 Å². The Kier molecular flexibility index (Phi) is 5.20. The molecular weight excluding hydrogens is 370 g/mol. The quantitative estimate of drug-likeness (QED) is 0.802. The SMILES string of the molecule is CCOC(=O)c1cccc(NS(=O)(=O)c2ccc(Br)cc2)c1. The highest BCUT2D eigenvalue weighted by atomic mass is 79.9. The standard InChI is InChI=1S/C15H14BrNO4S/c1-2-21-15(18)11-4-3-5-13(10-11)17-22(19,20)14-8-6-12(16)7-9-14/h3-10,17H,2H2,1H3. The Bertz CT molecular complexity index is 772. The van der Waals surface area contributed by atoms with Crippen LogP contribution in [0.15, 0.2) is 57.9 Å². The van der Waals surface area contributed by atoms with Crippen LogP contribution in [0, 0.1) is 0 Å². The Hall–Kier alpha value is -1.86. The van der Waals surface area contributed by atoms with Crippen molar-refractivity contribution in [1.29, 1.82) is 0 Å². The largest absolute Gasteiger partial charge is 0.462 e. The average molecular weight is 384 g/mol. The summed E-state index contributed by atoms with van der Waals surface area (Å²) in [7, 11) is -3.71. The molecule has 0 amide bonds. The summed E-state index contributed by atoms with van der Waals surface area (Å²) in [5, 5.41) is 0. The first-order valence-corrected chi connectivity index (χ1v) is 8.75. The van der Waals surface area contributed by atoms with Crippen molar-refractivity contribution >= 4 is 37.6 Å². The number of hydrogen-bond donors (Lipinski definition) is 1. The smallest absolute Gasteiger partial charge is 0.338 e. The number of ether oxygens (including phenoxy) is 1. The van der Waals surface area contributed by atoms with E-state index >= 15 is 0 Å². The fraction of sp³-hybridized carbons (Fsp3) is 0.133. The number of rotatable bonds is 5. The fourth-order valence-electron chi connectivity index (χ4n) is 1.75. The zero-order chi connectivity index (χ0) is 16.2. The van der Waals surface area contributed by atoms with Crippen molar-refractivity contribution in [2.75, 3.05) is 11.3 Å². The minimum Gasteiger partial charge on any atom is -0.462 e. The average Bonchev–Trinajstić information content (AvgIpc) is 2.48. The molecule has 0 saturated heterocycles. The zero-order valence-electron chi connectivity index (χ0n) is 11.7. The van der Waals surface area contributed by atoms with Crippen molar-refractivity contribution in [3.63, 3.8) is 0 Å². The molecule has 0 spiro atoms. The molecule has 0 saturated carbocycles. The maximum absolute atomic E-state index is 12.3. The second-order valence-electron chi connectivity index (χ2n) is 4.36. The van der Waals surface area contributed by atoms with E-state index in [1.54, 1.807) is 37.3 Å². The number of hydrogen-bond acceptors (Lipinski definition) is 4. The molecule has 0 atom stereocenters. The van der Waals surface area contributed by atoms with Crippen LogP contribution in [0.2, 0.25) is 0 Å². The molecule has 116 valence electrons. The number of halogens is 1. The molecule has 7 heteroatoms. The molecule has 2 rings (SSSR count). The van der Waals surface area contributed by atoms with Gasteiger partial charge in [-0.05, 0) is 49.4 Å². The molecule has 0 heterocycles. The van der Waals surface area contributed by atoms with E-state index in [0.717, 1.165) is 4.47 Å². The van der Waals surface area contributed by atoms with Crippen LogP contribution in [-0.4, -0.2) is 21.0 Å². The first-order valence-electron chi connectivity index (χ1n) is 6.48. The van der Waals surface area contributed by atoms with Gasteiger partial charge in [0.15, 0.2) is 0 Å². The summed E-state index contributed by atoms with van der Waals surface area (Å²) in [6, 6.07) is 12.4. The van der Waals surface area contributed by atoms with Crippen molar-refractivity contribution < 1.29 is 17.9 Å². The Labute approximate surface area is 137 Å². The summed E-state index contributed by atoms with van der Waals surface area (Å²) in [5.41, 5.74) is 0.589. The van der Waals surface area contributed by atoms with Gasteiger partial charge in [-0.1, -0.05) is 22.0 Å². The van der Waals surface area contributed by atoms with E-state index in [9.17, 15) is 13.2 Å². The maximum Gasteiger partial charge on any atom is 0.338 e. The monoisotopic (exact) mass is 383 g/mol. The number of esters is 1. The van der Waals surface area contributed by atoms with Gasteiger partial charge in [-0.3, -0.25) is 4.72 Å². The molecule has 2 aromatic carbocycles. The first-order chi connectivity index (χ1) is 10.4. The van der Waals surface area contributed by atoms with E-state index in [1.807, 2.05) is 0 Å². The summed E-state index contributed by atoms with van der Waals surface area (Å²) >= 11 is 3.25. The number of carbonyl (C=O) groups is 1. The molecule has 0 fully saturated rings. The molecule has 1 N–H and O–H groups in total. The highest BCUT2D eigenvalue weighted by molar-refractivity contribution is 9.10.